The largest absolute Gasteiger partial charge is 0.494 e. The Hall–Kier alpha value is -2.53. The van der Waals surface area contributed by atoms with Gasteiger partial charge in [-0.25, -0.2) is 4.79 Å². The predicted molar refractivity (Wildman–Crippen MR) is 93.9 cm³/mol. The Balaban J connectivity index is 1.70. The Morgan fingerprint density at radius 3 is 2.38 bits per heavy atom. The van der Waals surface area contributed by atoms with E-state index in [0.29, 0.717) is 26.2 Å². The molecule has 2 aromatic carbocycles. The average Bonchev–Trinajstić information content (AvgIpc) is 2.62. The van der Waals surface area contributed by atoms with Crippen LogP contribution in [-0.2, 0) is 6.54 Å². The molecule has 0 aliphatic carbocycles. The van der Waals surface area contributed by atoms with Gasteiger partial charge >= 0.3 is 6.03 Å². The van der Waals surface area contributed by atoms with Gasteiger partial charge in [0.25, 0.3) is 0 Å². The van der Waals surface area contributed by atoms with Gasteiger partial charge in [-0.2, -0.15) is 0 Å². The molecule has 0 radical (unpaired) electrons. The van der Waals surface area contributed by atoms with E-state index in [2.05, 4.69) is 5.32 Å². The Morgan fingerprint density at radius 2 is 1.71 bits per heavy atom. The fourth-order valence-electron chi connectivity index (χ4n) is 2.26. The van der Waals surface area contributed by atoms with Crippen molar-refractivity contribution >= 4 is 6.03 Å². The summed E-state index contributed by atoms with van der Waals surface area (Å²) in [5, 5.41) is 12.0. The number of hydrogen-bond acceptors (Lipinski definition) is 3. The molecular formula is C19H24N2O3. The fraction of sp³-hybridized carbons (Fsp3) is 0.316. The maximum atomic E-state index is 12.2. The lowest BCUT2D eigenvalue weighted by atomic mass is 10.2. The van der Waals surface area contributed by atoms with Crippen LogP contribution in [0, 0.1) is 0 Å². The highest BCUT2D eigenvalue weighted by Gasteiger charge is 2.12. The Labute approximate surface area is 142 Å². The molecular weight excluding hydrogens is 304 g/mol. The van der Waals surface area contributed by atoms with E-state index in [1.54, 1.807) is 4.90 Å². The Morgan fingerprint density at radius 1 is 1.04 bits per heavy atom. The molecule has 24 heavy (non-hydrogen) atoms. The third-order valence-electron chi connectivity index (χ3n) is 3.48. The van der Waals surface area contributed by atoms with Crippen LogP contribution >= 0.6 is 0 Å². The lowest BCUT2D eigenvalue weighted by molar-refractivity contribution is 0.173. The molecule has 5 heteroatoms. The molecule has 0 aliphatic heterocycles. The van der Waals surface area contributed by atoms with Crippen LogP contribution in [0.4, 0.5) is 4.79 Å². The molecule has 0 bridgehead atoms. The first-order valence-electron chi connectivity index (χ1n) is 8.15. The van der Waals surface area contributed by atoms with Crippen molar-refractivity contribution < 1.29 is 14.6 Å². The number of urea groups is 1. The van der Waals surface area contributed by atoms with Crippen molar-refractivity contribution in [1.29, 1.82) is 0 Å². The zero-order chi connectivity index (χ0) is 17.0. The van der Waals surface area contributed by atoms with Crippen LogP contribution in [0.3, 0.4) is 0 Å². The molecule has 0 heterocycles. The molecule has 0 aliphatic rings. The first-order chi connectivity index (χ1) is 11.8. The monoisotopic (exact) mass is 328 g/mol. The average molecular weight is 328 g/mol. The highest BCUT2D eigenvalue weighted by atomic mass is 16.5. The number of amides is 2. The van der Waals surface area contributed by atoms with Gasteiger partial charge in [0.1, 0.15) is 5.75 Å². The van der Waals surface area contributed by atoms with Crippen LogP contribution < -0.4 is 10.1 Å². The molecule has 0 spiro atoms. The topological polar surface area (TPSA) is 61.8 Å². The number of carbonyl (C=O) groups excluding carboxylic acids is 1. The van der Waals surface area contributed by atoms with Crippen LogP contribution in [0.5, 0.6) is 5.75 Å². The van der Waals surface area contributed by atoms with Gasteiger partial charge in [0.15, 0.2) is 0 Å². The van der Waals surface area contributed by atoms with E-state index in [1.165, 1.54) is 0 Å². The molecule has 0 saturated heterocycles. The van der Waals surface area contributed by atoms with E-state index in [0.717, 1.165) is 17.7 Å². The van der Waals surface area contributed by atoms with Crippen LogP contribution in [0.2, 0.25) is 0 Å². The second-order valence-electron chi connectivity index (χ2n) is 5.38. The number of hydrogen-bond donors (Lipinski definition) is 2. The number of nitrogens with zero attached hydrogens (tertiary/aromatic N) is 1. The molecule has 2 N–H and O–H groups in total. The quantitative estimate of drug-likeness (QED) is 0.696. The number of nitrogens with one attached hydrogen (secondary N) is 1. The van der Waals surface area contributed by atoms with E-state index in [-0.39, 0.29) is 12.6 Å². The summed E-state index contributed by atoms with van der Waals surface area (Å²) in [4.78, 5) is 13.8. The van der Waals surface area contributed by atoms with Crippen LogP contribution in [0.25, 0.3) is 0 Å². The number of aliphatic hydroxyl groups is 1. The summed E-state index contributed by atoms with van der Waals surface area (Å²) < 4.78 is 5.59. The summed E-state index contributed by atoms with van der Waals surface area (Å²) >= 11 is 0. The van der Waals surface area contributed by atoms with Crippen LogP contribution in [0.15, 0.2) is 60.7 Å². The fourth-order valence-corrected chi connectivity index (χ4v) is 2.26. The second-order valence-corrected chi connectivity index (χ2v) is 5.38. The molecule has 5 nitrogen and oxygen atoms in total. The number of carbonyl (C=O) groups is 1. The van der Waals surface area contributed by atoms with Gasteiger partial charge in [0, 0.05) is 19.6 Å². The standard InChI is InChI=1S/C19H24N2O3/c22-14-13-21(16-17-8-3-1-4-9-17)19(23)20-12-7-15-24-18-10-5-2-6-11-18/h1-6,8-11,22H,7,12-16H2,(H,20,23). The number of ether oxygens (including phenoxy) is 1. The zero-order valence-electron chi connectivity index (χ0n) is 13.7. The smallest absolute Gasteiger partial charge is 0.317 e. The number of benzene rings is 2. The van der Waals surface area contributed by atoms with Crippen molar-refractivity contribution in [1.82, 2.24) is 10.2 Å². The summed E-state index contributed by atoms with van der Waals surface area (Å²) in [6, 6.07) is 19.2. The molecule has 0 atom stereocenters. The van der Waals surface area contributed by atoms with Gasteiger partial charge in [0.05, 0.1) is 13.2 Å². The third-order valence-corrected chi connectivity index (χ3v) is 3.48. The van der Waals surface area contributed by atoms with E-state index >= 15 is 0 Å². The SMILES string of the molecule is O=C(NCCCOc1ccccc1)N(CCO)Cc1ccccc1. The molecule has 0 aromatic heterocycles. The van der Waals surface area contributed by atoms with E-state index in [4.69, 9.17) is 9.84 Å². The molecule has 128 valence electrons. The first-order valence-corrected chi connectivity index (χ1v) is 8.15. The summed E-state index contributed by atoms with van der Waals surface area (Å²) in [5.41, 5.74) is 1.04. The first kappa shape index (κ1) is 17.8. The second kappa shape index (κ2) is 10.3. The Kier molecular flexibility index (Phi) is 7.63. The van der Waals surface area contributed by atoms with Crippen molar-refractivity contribution in [2.75, 3.05) is 26.3 Å². The van der Waals surface area contributed by atoms with Gasteiger partial charge < -0.3 is 20.1 Å². The van der Waals surface area contributed by atoms with Gasteiger partial charge in [-0.1, -0.05) is 48.5 Å². The van der Waals surface area contributed by atoms with Crippen LogP contribution in [0.1, 0.15) is 12.0 Å². The van der Waals surface area contributed by atoms with E-state index in [9.17, 15) is 4.79 Å². The maximum Gasteiger partial charge on any atom is 0.317 e. The van der Waals surface area contributed by atoms with E-state index in [1.807, 2.05) is 60.7 Å². The van der Waals surface area contributed by atoms with Gasteiger partial charge in [-0.05, 0) is 24.1 Å². The zero-order valence-corrected chi connectivity index (χ0v) is 13.7. The third kappa shape index (κ3) is 6.30. The number of rotatable bonds is 9. The minimum Gasteiger partial charge on any atom is -0.494 e. The van der Waals surface area contributed by atoms with Crippen molar-refractivity contribution in [2.24, 2.45) is 0 Å². The lowest BCUT2D eigenvalue weighted by Crippen LogP contribution is -2.41. The molecule has 0 unspecified atom stereocenters. The summed E-state index contributed by atoms with van der Waals surface area (Å²) in [5.74, 6) is 0.829. The predicted octanol–water partition coefficient (Wildman–Crippen LogP) is 2.66. The van der Waals surface area contributed by atoms with Crippen molar-refractivity contribution in [3.8, 4) is 5.75 Å². The summed E-state index contributed by atoms with van der Waals surface area (Å²) in [6.07, 6.45) is 0.721. The normalized spacial score (nSPS) is 10.2. The highest BCUT2D eigenvalue weighted by molar-refractivity contribution is 5.74. The Bertz CT molecular complexity index is 590. The summed E-state index contributed by atoms with van der Waals surface area (Å²) in [6.45, 7) is 1.80. The van der Waals surface area contributed by atoms with E-state index < -0.39 is 0 Å². The molecule has 0 fully saturated rings. The van der Waals surface area contributed by atoms with Gasteiger partial charge in [0.2, 0.25) is 0 Å². The van der Waals surface area contributed by atoms with Gasteiger partial charge in [-0.15, -0.1) is 0 Å². The minimum absolute atomic E-state index is 0.0582. The summed E-state index contributed by atoms with van der Waals surface area (Å²) in [7, 11) is 0. The maximum absolute atomic E-state index is 12.2. The van der Waals surface area contributed by atoms with Crippen molar-refractivity contribution in [3.63, 3.8) is 0 Å². The van der Waals surface area contributed by atoms with Crippen LogP contribution in [-0.4, -0.2) is 42.3 Å². The number of aliphatic hydroxyl groups excluding tert-OH is 1. The minimum atomic E-state index is -0.174. The van der Waals surface area contributed by atoms with Crippen molar-refractivity contribution in [2.45, 2.75) is 13.0 Å². The number of para-hydroxylation sites is 1. The molecule has 2 aromatic rings. The lowest BCUT2D eigenvalue weighted by Gasteiger charge is -2.22. The van der Waals surface area contributed by atoms with Gasteiger partial charge in [-0.3, -0.25) is 0 Å². The molecule has 2 amide bonds. The molecule has 2 rings (SSSR count). The highest BCUT2D eigenvalue weighted by Crippen LogP contribution is 2.08. The molecule has 0 saturated carbocycles. The van der Waals surface area contributed by atoms with Crippen molar-refractivity contribution in [3.05, 3.63) is 66.2 Å².